The van der Waals surface area contributed by atoms with Gasteiger partial charge in [-0.1, -0.05) is 18.2 Å². The molecule has 1 aromatic carbocycles. The molecule has 0 saturated heterocycles. The third-order valence-corrected chi connectivity index (χ3v) is 4.39. The Morgan fingerprint density at radius 1 is 1.04 bits per heavy atom. The minimum Gasteiger partial charge on any atom is -0.322 e. The second-order valence-electron chi connectivity index (χ2n) is 5.98. The first-order valence-electron chi connectivity index (χ1n) is 8.10. The molecule has 0 aliphatic carbocycles. The van der Waals surface area contributed by atoms with Crippen molar-refractivity contribution in [2.45, 2.75) is 13.5 Å². The summed E-state index contributed by atoms with van der Waals surface area (Å²) in [5, 5.41) is 27.2. The standard InChI is InChI=1S/C20H14N6/c1-14-23-24-20(16-6-4-5-15(9-16)10-21)26(14)13-17-12-25-8-3-2-7-19(25)18(17)11-22/h2-9,12H,13H2,1H3. The molecule has 0 N–H and O–H groups in total. The second kappa shape index (κ2) is 6.19. The Kier molecular flexibility index (Phi) is 3.72. The van der Waals surface area contributed by atoms with E-state index < -0.39 is 0 Å². The predicted molar refractivity (Wildman–Crippen MR) is 96.1 cm³/mol. The van der Waals surface area contributed by atoms with Gasteiger partial charge in [-0.3, -0.25) is 0 Å². The number of nitriles is 2. The van der Waals surface area contributed by atoms with Crippen molar-refractivity contribution < 1.29 is 0 Å². The molecule has 0 spiro atoms. The van der Waals surface area contributed by atoms with Crippen molar-refractivity contribution in [1.82, 2.24) is 19.2 Å². The molecule has 0 fully saturated rings. The maximum absolute atomic E-state index is 9.62. The van der Waals surface area contributed by atoms with Gasteiger partial charge in [-0.05, 0) is 31.2 Å². The summed E-state index contributed by atoms with van der Waals surface area (Å²) in [5.74, 6) is 1.43. The number of hydrogen-bond acceptors (Lipinski definition) is 4. The van der Waals surface area contributed by atoms with E-state index in [1.54, 1.807) is 12.1 Å². The van der Waals surface area contributed by atoms with E-state index in [4.69, 9.17) is 5.26 Å². The smallest absolute Gasteiger partial charge is 0.164 e. The number of fused-ring (bicyclic) bond motifs is 1. The molecular formula is C20H14N6. The van der Waals surface area contributed by atoms with Gasteiger partial charge in [0, 0.05) is 23.5 Å². The first-order valence-corrected chi connectivity index (χ1v) is 8.10. The Hall–Kier alpha value is -3.90. The van der Waals surface area contributed by atoms with Crippen molar-refractivity contribution in [3.63, 3.8) is 0 Å². The molecule has 0 atom stereocenters. The highest BCUT2D eigenvalue weighted by atomic mass is 15.3. The first kappa shape index (κ1) is 15.6. The highest BCUT2D eigenvalue weighted by Gasteiger charge is 2.16. The Balaban J connectivity index is 1.82. The van der Waals surface area contributed by atoms with E-state index in [9.17, 15) is 5.26 Å². The lowest BCUT2D eigenvalue weighted by Crippen LogP contribution is -2.05. The molecule has 4 aromatic rings. The summed E-state index contributed by atoms with van der Waals surface area (Å²) in [6, 6.07) is 17.5. The van der Waals surface area contributed by atoms with Crippen LogP contribution in [0, 0.1) is 29.6 Å². The summed E-state index contributed by atoms with van der Waals surface area (Å²) in [5.41, 5.74) is 3.83. The zero-order chi connectivity index (χ0) is 18.1. The summed E-state index contributed by atoms with van der Waals surface area (Å²) in [7, 11) is 0. The fourth-order valence-corrected chi connectivity index (χ4v) is 3.11. The average Bonchev–Trinajstić information content (AvgIpc) is 3.22. The molecule has 4 rings (SSSR count). The number of nitrogens with zero attached hydrogens (tertiary/aromatic N) is 6. The van der Waals surface area contributed by atoms with Crippen LogP contribution in [0.4, 0.5) is 0 Å². The maximum atomic E-state index is 9.62. The van der Waals surface area contributed by atoms with E-state index in [1.807, 2.05) is 58.6 Å². The van der Waals surface area contributed by atoms with Crippen LogP contribution in [-0.2, 0) is 6.54 Å². The van der Waals surface area contributed by atoms with E-state index >= 15 is 0 Å². The summed E-state index contributed by atoms with van der Waals surface area (Å²) in [4.78, 5) is 0. The average molecular weight is 338 g/mol. The summed E-state index contributed by atoms with van der Waals surface area (Å²) < 4.78 is 3.91. The molecule has 3 aromatic heterocycles. The number of benzene rings is 1. The Bertz CT molecular complexity index is 1200. The summed E-state index contributed by atoms with van der Waals surface area (Å²) in [6.45, 7) is 2.36. The summed E-state index contributed by atoms with van der Waals surface area (Å²) >= 11 is 0. The van der Waals surface area contributed by atoms with E-state index in [2.05, 4.69) is 22.3 Å². The molecule has 124 valence electrons. The van der Waals surface area contributed by atoms with E-state index in [-0.39, 0.29) is 0 Å². The lowest BCUT2D eigenvalue weighted by atomic mass is 10.1. The van der Waals surface area contributed by atoms with Gasteiger partial charge in [0.2, 0.25) is 0 Å². The van der Waals surface area contributed by atoms with Crippen molar-refractivity contribution in [2.75, 3.05) is 0 Å². The normalized spacial score (nSPS) is 10.6. The van der Waals surface area contributed by atoms with Crippen molar-refractivity contribution in [3.8, 4) is 23.5 Å². The molecule has 0 radical (unpaired) electrons. The Labute approximate surface area is 150 Å². The van der Waals surface area contributed by atoms with Gasteiger partial charge in [-0.15, -0.1) is 10.2 Å². The monoisotopic (exact) mass is 338 g/mol. The van der Waals surface area contributed by atoms with Crippen LogP contribution >= 0.6 is 0 Å². The van der Waals surface area contributed by atoms with Gasteiger partial charge in [0.1, 0.15) is 11.9 Å². The van der Waals surface area contributed by atoms with Crippen molar-refractivity contribution in [1.29, 1.82) is 10.5 Å². The van der Waals surface area contributed by atoms with Crippen LogP contribution in [0.1, 0.15) is 22.5 Å². The predicted octanol–water partition coefficient (Wildman–Crippen LogP) is 3.30. The molecule has 0 bridgehead atoms. The lowest BCUT2D eigenvalue weighted by Gasteiger charge is -2.08. The van der Waals surface area contributed by atoms with Crippen LogP contribution < -0.4 is 0 Å². The number of hydrogen-bond donors (Lipinski definition) is 0. The third kappa shape index (κ3) is 2.51. The molecule has 0 aliphatic heterocycles. The van der Waals surface area contributed by atoms with E-state index in [0.29, 0.717) is 23.5 Å². The maximum Gasteiger partial charge on any atom is 0.164 e. The second-order valence-corrected chi connectivity index (χ2v) is 5.98. The fraction of sp³-hybridized carbons (Fsp3) is 0.100. The molecule has 3 heterocycles. The molecule has 6 heteroatoms. The number of rotatable bonds is 3. The zero-order valence-electron chi connectivity index (χ0n) is 14.1. The van der Waals surface area contributed by atoms with Crippen LogP contribution in [0.15, 0.2) is 54.9 Å². The minimum atomic E-state index is 0.482. The number of pyridine rings is 1. The SMILES string of the molecule is Cc1nnc(-c2cccc(C#N)c2)n1Cc1cn2ccccc2c1C#N. The van der Waals surface area contributed by atoms with Crippen LogP contribution in [0.2, 0.25) is 0 Å². The third-order valence-electron chi connectivity index (χ3n) is 4.39. The molecular weight excluding hydrogens is 324 g/mol. The number of aryl methyl sites for hydroxylation is 1. The molecule has 0 unspecified atom stereocenters. The molecule has 0 saturated carbocycles. The fourth-order valence-electron chi connectivity index (χ4n) is 3.11. The van der Waals surface area contributed by atoms with Crippen molar-refractivity contribution in [3.05, 3.63) is 77.4 Å². The van der Waals surface area contributed by atoms with Crippen LogP contribution in [-0.4, -0.2) is 19.2 Å². The molecule has 0 aliphatic rings. The van der Waals surface area contributed by atoms with E-state index in [0.717, 1.165) is 22.5 Å². The van der Waals surface area contributed by atoms with E-state index in [1.165, 1.54) is 0 Å². The Morgan fingerprint density at radius 3 is 2.73 bits per heavy atom. The van der Waals surface area contributed by atoms with Crippen LogP contribution in [0.3, 0.4) is 0 Å². The van der Waals surface area contributed by atoms with Gasteiger partial charge in [0.15, 0.2) is 5.82 Å². The molecule has 0 amide bonds. The first-order chi connectivity index (χ1) is 12.7. The van der Waals surface area contributed by atoms with Gasteiger partial charge >= 0.3 is 0 Å². The van der Waals surface area contributed by atoms with Crippen LogP contribution in [0.25, 0.3) is 16.9 Å². The number of aromatic nitrogens is 4. The van der Waals surface area contributed by atoms with Gasteiger partial charge in [0.25, 0.3) is 0 Å². The van der Waals surface area contributed by atoms with Crippen molar-refractivity contribution in [2.24, 2.45) is 0 Å². The lowest BCUT2D eigenvalue weighted by molar-refractivity contribution is 0.767. The Morgan fingerprint density at radius 2 is 1.92 bits per heavy atom. The van der Waals surface area contributed by atoms with Gasteiger partial charge in [-0.2, -0.15) is 10.5 Å². The quantitative estimate of drug-likeness (QED) is 0.574. The minimum absolute atomic E-state index is 0.482. The van der Waals surface area contributed by atoms with Gasteiger partial charge in [-0.25, -0.2) is 0 Å². The summed E-state index contributed by atoms with van der Waals surface area (Å²) in [6.07, 6.45) is 3.89. The highest BCUT2D eigenvalue weighted by molar-refractivity contribution is 5.65. The van der Waals surface area contributed by atoms with Gasteiger partial charge < -0.3 is 8.97 Å². The van der Waals surface area contributed by atoms with Gasteiger partial charge in [0.05, 0.1) is 29.3 Å². The molecule has 26 heavy (non-hydrogen) atoms. The topological polar surface area (TPSA) is 82.7 Å². The van der Waals surface area contributed by atoms with Crippen LogP contribution in [0.5, 0.6) is 0 Å². The molecule has 6 nitrogen and oxygen atoms in total. The zero-order valence-corrected chi connectivity index (χ0v) is 14.1. The largest absolute Gasteiger partial charge is 0.322 e. The highest BCUT2D eigenvalue weighted by Crippen LogP contribution is 2.24. The van der Waals surface area contributed by atoms with Crippen molar-refractivity contribution >= 4 is 5.52 Å².